The van der Waals surface area contributed by atoms with Crippen LogP contribution in [0.5, 0.6) is 5.75 Å². The van der Waals surface area contributed by atoms with Gasteiger partial charge >= 0.3 is 0 Å². The monoisotopic (exact) mass is 345 g/mol. The molecule has 2 N–H and O–H groups in total. The van der Waals surface area contributed by atoms with Crippen molar-refractivity contribution in [1.29, 1.82) is 5.41 Å². The third-order valence-electron chi connectivity index (χ3n) is 3.94. The number of ether oxygens (including phenoxy) is 1. The summed E-state index contributed by atoms with van der Waals surface area (Å²) in [7, 11) is 0. The Morgan fingerprint density at radius 3 is 2.33 bits per heavy atom. The first-order valence-electron chi connectivity index (χ1n) is 7.89. The van der Waals surface area contributed by atoms with E-state index in [2.05, 4.69) is 0 Å². The van der Waals surface area contributed by atoms with Crippen LogP contribution >= 0.6 is 11.6 Å². The van der Waals surface area contributed by atoms with E-state index in [1.54, 1.807) is 24.3 Å². The van der Waals surface area contributed by atoms with Crippen molar-refractivity contribution in [3.8, 4) is 5.75 Å². The molecule has 2 aromatic carbocycles. The fraction of sp³-hybridized carbons (Fsp3) is 0.278. The quantitative estimate of drug-likeness (QED) is 0.721. The van der Waals surface area contributed by atoms with E-state index in [1.165, 1.54) is 0 Å². The van der Waals surface area contributed by atoms with Gasteiger partial charge in [-0.3, -0.25) is 5.41 Å². The van der Waals surface area contributed by atoms with Gasteiger partial charge in [0.25, 0.3) is 0 Å². The van der Waals surface area contributed by atoms with Gasteiger partial charge in [-0.2, -0.15) is 0 Å². The zero-order valence-corrected chi connectivity index (χ0v) is 14.2. The predicted octanol–water partition coefficient (Wildman–Crippen LogP) is 3.04. The first-order valence-corrected chi connectivity index (χ1v) is 8.27. The molecule has 5 nitrogen and oxygen atoms in total. The number of halogens is 1. The number of aryl methyl sites for hydroxylation is 1. The summed E-state index contributed by atoms with van der Waals surface area (Å²) in [5.41, 5.74) is 2.31. The summed E-state index contributed by atoms with van der Waals surface area (Å²) in [5, 5.41) is 19.3. The number of imidazole rings is 1. The molecule has 0 spiro atoms. The Kier molecular flexibility index (Phi) is 4.92. The molecule has 1 unspecified atom stereocenters. The highest BCUT2D eigenvalue weighted by molar-refractivity contribution is 6.30. The van der Waals surface area contributed by atoms with Gasteiger partial charge in [-0.05, 0) is 43.3 Å². The third kappa shape index (κ3) is 3.32. The lowest BCUT2D eigenvalue weighted by atomic mass is 10.3. The van der Waals surface area contributed by atoms with E-state index < -0.39 is 6.10 Å². The van der Waals surface area contributed by atoms with Crippen LogP contribution in [0.3, 0.4) is 0 Å². The molecule has 1 heterocycles. The van der Waals surface area contributed by atoms with Crippen LogP contribution in [0, 0.1) is 5.41 Å². The summed E-state index contributed by atoms with van der Waals surface area (Å²) in [5.74, 6) is 0.658. The maximum absolute atomic E-state index is 10.3. The van der Waals surface area contributed by atoms with Gasteiger partial charge in [0.1, 0.15) is 18.5 Å². The van der Waals surface area contributed by atoms with Crippen molar-refractivity contribution in [2.45, 2.75) is 26.1 Å². The van der Waals surface area contributed by atoms with E-state index >= 15 is 0 Å². The van der Waals surface area contributed by atoms with Crippen molar-refractivity contribution in [2.75, 3.05) is 6.61 Å². The molecule has 126 valence electrons. The second kappa shape index (κ2) is 7.11. The average Bonchev–Trinajstić information content (AvgIpc) is 2.86. The molecule has 0 radical (unpaired) electrons. The van der Waals surface area contributed by atoms with E-state index in [1.807, 2.05) is 40.3 Å². The fourth-order valence-corrected chi connectivity index (χ4v) is 2.91. The maximum atomic E-state index is 10.3. The lowest BCUT2D eigenvalue weighted by Crippen LogP contribution is -2.31. The standard InChI is InChI=1S/C18H20ClN3O2/c1-2-21-16-5-3-4-6-17(16)22(18(21)20)11-14(23)12-24-15-9-7-13(19)8-10-15/h3-10,14,20,23H,2,11-12H2,1H3. The van der Waals surface area contributed by atoms with Crippen LogP contribution in [0.2, 0.25) is 5.02 Å². The normalized spacial score (nSPS) is 12.5. The third-order valence-corrected chi connectivity index (χ3v) is 4.19. The van der Waals surface area contributed by atoms with Crippen LogP contribution < -0.4 is 10.4 Å². The van der Waals surface area contributed by atoms with Crippen LogP contribution in [0.4, 0.5) is 0 Å². The Bertz CT molecular complexity index is 883. The van der Waals surface area contributed by atoms with Gasteiger partial charge in [0.05, 0.1) is 17.6 Å². The highest BCUT2D eigenvalue weighted by atomic mass is 35.5. The zero-order valence-electron chi connectivity index (χ0n) is 13.4. The number of aliphatic hydroxyl groups excluding tert-OH is 1. The topological polar surface area (TPSA) is 63.2 Å². The number of fused-ring (bicyclic) bond motifs is 1. The van der Waals surface area contributed by atoms with Gasteiger partial charge in [-0.1, -0.05) is 23.7 Å². The summed E-state index contributed by atoms with van der Waals surface area (Å²) < 4.78 is 9.32. The number of benzene rings is 2. The Balaban J connectivity index is 1.76. The number of nitrogens with zero attached hydrogens (tertiary/aromatic N) is 2. The largest absolute Gasteiger partial charge is 0.491 e. The van der Waals surface area contributed by atoms with Crippen LogP contribution in [-0.4, -0.2) is 27.0 Å². The van der Waals surface area contributed by atoms with E-state index in [-0.39, 0.29) is 6.61 Å². The summed E-state index contributed by atoms with van der Waals surface area (Å²) in [6.45, 7) is 3.18. The molecule has 0 saturated carbocycles. The van der Waals surface area contributed by atoms with E-state index in [0.717, 1.165) is 11.0 Å². The van der Waals surface area contributed by atoms with Crippen molar-refractivity contribution in [2.24, 2.45) is 0 Å². The van der Waals surface area contributed by atoms with Gasteiger partial charge in [0.2, 0.25) is 5.62 Å². The van der Waals surface area contributed by atoms with Crippen LogP contribution in [0.15, 0.2) is 48.5 Å². The molecule has 1 aromatic heterocycles. The molecule has 0 fully saturated rings. The van der Waals surface area contributed by atoms with Gasteiger partial charge in [-0.15, -0.1) is 0 Å². The molecule has 1 atom stereocenters. The molecule has 24 heavy (non-hydrogen) atoms. The number of para-hydroxylation sites is 2. The fourth-order valence-electron chi connectivity index (χ4n) is 2.79. The highest BCUT2D eigenvalue weighted by Crippen LogP contribution is 2.16. The maximum Gasteiger partial charge on any atom is 0.203 e. The van der Waals surface area contributed by atoms with Crippen LogP contribution in [0.25, 0.3) is 11.0 Å². The SMILES string of the molecule is CCn1c(=N)n(CC(O)COc2ccc(Cl)cc2)c2ccccc21. The van der Waals surface area contributed by atoms with Crippen molar-refractivity contribution >= 4 is 22.6 Å². The van der Waals surface area contributed by atoms with Crippen LogP contribution in [-0.2, 0) is 13.1 Å². The predicted molar refractivity (Wildman–Crippen MR) is 94.4 cm³/mol. The van der Waals surface area contributed by atoms with Gasteiger partial charge < -0.3 is 19.0 Å². The van der Waals surface area contributed by atoms with Crippen molar-refractivity contribution in [3.63, 3.8) is 0 Å². The molecule has 0 bridgehead atoms. The number of hydrogen-bond donors (Lipinski definition) is 2. The number of aromatic nitrogens is 2. The zero-order chi connectivity index (χ0) is 17.1. The Labute approximate surface area is 145 Å². The van der Waals surface area contributed by atoms with E-state index in [4.69, 9.17) is 21.7 Å². The molecular weight excluding hydrogens is 326 g/mol. The lowest BCUT2D eigenvalue weighted by molar-refractivity contribution is 0.0921. The Hall–Kier alpha value is -2.24. The minimum atomic E-state index is -0.717. The molecular formula is C18H20ClN3O2. The summed E-state index contributed by atoms with van der Waals surface area (Å²) in [6.07, 6.45) is -0.717. The number of hydrogen-bond acceptors (Lipinski definition) is 3. The molecule has 0 aliphatic heterocycles. The van der Waals surface area contributed by atoms with E-state index in [0.29, 0.717) is 29.5 Å². The summed E-state index contributed by atoms with van der Waals surface area (Å²) >= 11 is 5.84. The summed E-state index contributed by atoms with van der Waals surface area (Å²) in [4.78, 5) is 0. The van der Waals surface area contributed by atoms with Gasteiger partial charge in [-0.25, -0.2) is 0 Å². The number of aliphatic hydroxyl groups is 1. The van der Waals surface area contributed by atoms with Crippen molar-refractivity contribution in [3.05, 3.63) is 59.2 Å². The Morgan fingerprint density at radius 1 is 1.08 bits per heavy atom. The highest BCUT2D eigenvalue weighted by Gasteiger charge is 2.13. The van der Waals surface area contributed by atoms with Crippen molar-refractivity contribution < 1.29 is 9.84 Å². The first kappa shape index (κ1) is 16.6. The first-order chi connectivity index (χ1) is 11.6. The van der Waals surface area contributed by atoms with Crippen molar-refractivity contribution in [1.82, 2.24) is 9.13 Å². The molecule has 0 amide bonds. The van der Waals surface area contributed by atoms with E-state index in [9.17, 15) is 5.11 Å². The smallest absolute Gasteiger partial charge is 0.203 e. The minimum absolute atomic E-state index is 0.152. The minimum Gasteiger partial charge on any atom is -0.491 e. The molecule has 3 aromatic rings. The Morgan fingerprint density at radius 2 is 1.71 bits per heavy atom. The van der Waals surface area contributed by atoms with Gasteiger partial charge in [0, 0.05) is 11.6 Å². The lowest BCUT2D eigenvalue weighted by Gasteiger charge is -2.13. The molecule has 6 heteroatoms. The number of nitrogens with one attached hydrogen (secondary N) is 1. The molecule has 0 aliphatic rings. The molecule has 0 saturated heterocycles. The number of rotatable bonds is 6. The molecule has 0 aliphatic carbocycles. The van der Waals surface area contributed by atoms with Gasteiger partial charge in [0.15, 0.2) is 0 Å². The average molecular weight is 346 g/mol. The summed E-state index contributed by atoms with van der Waals surface area (Å²) in [6, 6.07) is 14.9. The second-order valence-electron chi connectivity index (χ2n) is 5.59. The van der Waals surface area contributed by atoms with Crippen LogP contribution in [0.1, 0.15) is 6.92 Å². The molecule has 3 rings (SSSR count). The second-order valence-corrected chi connectivity index (χ2v) is 6.02.